The van der Waals surface area contributed by atoms with Crippen LogP contribution < -0.4 is 0 Å². The van der Waals surface area contributed by atoms with Crippen molar-refractivity contribution in [3.8, 4) is 0 Å². The molecule has 2 unspecified atom stereocenters. The molecule has 1 saturated carbocycles. The second-order valence-corrected chi connectivity index (χ2v) is 6.42. The molecule has 2 aliphatic rings. The number of alkyl halides is 1. The number of carbonyl (C=O) groups is 1. The van der Waals surface area contributed by atoms with Crippen molar-refractivity contribution in [2.45, 2.75) is 58.4 Å². The van der Waals surface area contributed by atoms with Gasteiger partial charge >= 0.3 is 0 Å². The minimum atomic E-state index is -0.105. The van der Waals surface area contributed by atoms with Crippen LogP contribution in [-0.4, -0.2) is 29.3 Å². The third-order valence-corrected chi connectivity index (χ3v) is 5.09. The van der Waals surface area contributed by atoms with Crippen molar-refractivity contribution >= 4 is 17.5 Å². The summed E-state index contributed by atoms with van der Waals surface area (Å²) in [5, 5.41) is 0. The zero-order valence-electron chi connectivity index (χ0n) is 11.0. The fourth-order valence-corrected chi connectivity index (χ4v) is 3.86. The molecule has 0 bridgehead atoms. The van der Waals surface area contributed by atoms with Gasteiger partial charge in [0.2, 0.25) is 5.91 Å². The van der Waals surface area contributed by atoms with Crippen molar-refractivity contribution in [3.05, 3.63) is 0 Å². The first kappa shape index (κ1) is 13.2. The van der Waals surface area contributed by atoms with Gasteiger partial charge in [0, 0.05) is 23.9 Å². The van der Waals surface area contributed by atoms with E-state index in [1.165, 1.54) is 19.3 Å². The molecule has 98 valence electrons. The molecule has 0 aromatic rings. The van der Waals surface area contributed by atoms with Crippen LogP contribution in [0.4, 0.5) is 0 Å². The van der Waals surface area contributed by atoms with E-state index in [9.17, 15) is 4.79 Å². The van der Waals surface area contributed by atoms with Crippen LogP contribution in [0.5, 0.6) is 0 Å². The highest BCUT2D eigenvalue weighted by molar-refractivity contribution is 6.18. The van der Waals surface area contributed by atoms with Crippen molar-refractivity contribution in [3.63, 3.8) is 0 Å². The van der Waals surface area contributed by atoms with E-state index in [4.69, 9.17) is 11.6 Å². The SMILES string of the molecule is CC1CCN(C(=O)C2(C)CCCCC2)C1CCl. The number of nitrogens with zero attached hydrogens (tertiary/aromatic N) is 1. The van der Waals surface area contributed by atoms with Gasteiger partial charge in [0.05, 0.1) is 0 Å². The van der Waals surface area contributed by atoms with Crippen molar-refractivity contribution in [1.82, 2.24) is 4.90 Å². The van der Waals surface area contributed by atoms with E-state index in [1.807, 2.05) is 0 Å². The average Bonchev–Trinajstić information content (AvgIpc) is 2.70. The minimum Gasteiger partial charge on any atom is -0.338 e. The zero-order chi connectivity index (χ0) is 12.5. The van der Waals surface area contributed by atoms with Gasteiger partial charge in [-0.15, -0.1) is 11.6 Å². The van der Waals surface area contributed by atoms with Crippen molar-refractivity contribution in [1.29, 1.82) is 0 Å². The topological polar surface area (TPSA) is 20.3 Å². The maximum absolute atomic E-state index is 12.7. The van der Waals surface area contributed by atoms with Gasteiger partial charge in [-0.25, -0.2) is 0 Å². The second-order valence-electron chi connectivity index (χ2n) is 6.11. The summed E-state index contributed by atoms with van der Waals surface area (Å²) >= 11 is 6.03. The molecule has 0 aromatic heterocycles. The molecule has 2 rings (SSSR count). The molecule has 17 heavy (non-hydrogen) atoms. The van der Waals surface area contributed by atoms with E-state index >= 15 is 0 Å². The molecule has 1 saturated heterocycles. The normalized spacial score (nSPS) is 32.8. The van der Waals surface area contributed by atoms with Crippen molar-refractivity contribution in [2.75, 3.05) is 12.4 Å². The molecule has 0 aromatic carbocycles. The Morgan fingerprint density at radius 1 is 1.35 bits per heavy atom. The van der Waals surface area contributed by atoms with E-state index in [0.29, 0.717) is 17.7 Å². The van der Waals surface area contributed by atoms with Crippen LogP contribution in [0, 0.1) is 11.3 Å². The van der Waals surface area contributed by atoms with Crippen molar-refractivity contribution < 1.29 is 4.79 Å². The Hall–Kier alpha value is -0.240. The molecular formula is C14H24ClNO. The number of rotatable bonds is 2. The van der Waals surface area contributed by atoms with Gasteiger partial charge < -0.3 is 4.90 Å². The first-order valence-corrected chi connectivity index (χ1v) is 7.49. The van der Waals surface area contributed by atoms with Crippen LogP contribution in [0.25, 0.3) is 0 Å². The number of likely N-dealkylation sites (tertiary alicyclic amines) is 1. The molecule has 0 N–H and O–H groups in total. The molecule has 1 amide bonds. The summed E-state index contributed by atoms with van der Waals surface area (Å²) in [6, 6.07) is 0.267. The summed E-state index contributed by atoms with van der Waals surface area (Å²) in [7, 11) is 0. The molecule has 2 fully saturated rings. The maximum Gasteiger partial charge on any atom is 0.228 e. The van der Waals surface area contributed by atoms with Gasteiger partial charge in [0.15, 0.2) is 0 Å². The first-order chi connectivity index (χ1) is 8.08. The highest BCUT2D eigenvalue weighted by atomic mass is 35.5. The smallest absolute Gasteiger partial charge is 0.228 e. The number of halogens is 1. The first-order valence-electron chi connectivity index (χ1n) is 6.95. The predicted molar refractivity (Wildman–Crippen MR) is 71.2 cm³/mol. The second kappa shape index (κ2) is 5.17. The predicted octanol–water partition coefficient (Wildman–Crippen LogP) is 3.43. The Morgan fingerprint density at radius 2 is 2.00 bits per heavy atom. The van der Waals surface area contributed by atoms with E-state index in [-0.39, 0.29) is 11.5 Å². The lowest BCUT2D eigenvalue weighted by atomic mass is 9.74. The third-order valence-electron chi connectivity index (χ3n) is 4.77. The lowest BCUT2D eigenvalue weighted by Gasteiger charge is -2.38. The Morgan fingerprint density at radius 3 is 2.59 bits per heavy atom. The standard InChI is InChI=1S/C14H24ClNO/c1-11-6-9-16(12(11)10-15)13(17)14(2)7-4-3-5-8-14/h11-12H,3-10H2,1-2H3. The summed E-state index contributed by atoms with van der Waals surface area (Å²) < 4.78 is 0. The number of carbonyl (C=O) groups excluding carboxylic acids is 1. The van der Waals surface area contributed by atoms with E-state index in [1.54, 1.807) is 0 Å². The highest BCUT2D eigenvalue weighted by Gasteiger charge is 2.42. The summed E-state index contributed by atoms with van der Waals surface area (Å²) in [5.41, 5.74) is -0.105. The fourth-order valence-electron chi connectivity index (χ4n) is 3.39. The number of amides is 1. The van der Waals surface area contributed by atoms with Crippen LogP contribution >= 0.6 is 11.6 Å². The summed E-state index contributed by atoms with van der Waals surface area (Å²) in [6.07, 6.45) is 6.93. The Labute approximate surface area is 110 Å². The quantitative estimate of drug-likeness (QED) is 0.694. The van der Waals surface area contributed by atoms with Crippen LogP contribution in [-0.2, 0) is 4.79 Å². The van der Waals surface area contributed by atoms with Gasteiger partial charge in [0.25, 0.3) is 0 Å². The maximum atomic E-state index is 12.7. The summed E-state index contributed by atoms with van der Waals surface area (Å²) in [4.78, 5) is 14.8. The zero-order valence-corrected chi connectivity index (χ0v) is 11.8. The van der Waals surface area contributed by atoms with Gasteiger partial charge in [0.1, 0.15) is 0 Å². The van der Waals surface area contributed by atoms with Crippen LogP contribution in [0.15, 0.2) is 0 Å². The lowest BCUT2D eigenvalue weighted by Crippen LogP contribution is -2.47. The largest absolute Gasteiger partial charge is 0.338 e. The molecule has 2 nitrogen and oxygen atoms in total. The highest BCUT2D eigenvalue weighted by Crippen LogP contribution is 2.39. The van der Waals surface area contributed by atoms with Crippen LogP contribution in [0.2, 0.25) is 0 Å². The Kier molecular flexibility index (Phi) is 4.02. The summed E-state index contributed by atoms with van der Waals surface area (Å²) in [5.74, 6) is 1.51. The third kappa shape index (κ3) is 2.47. The molecule has 2 atom stereocenters. The van der Waals surface area contributed by atoms with Crippen molar-refractivity contribution in [2.24, 2.45) is 11.3 Å². The molecule has 0 radical (unpaired) electrons. The lowest BCUT2D eigenvalue weighted by molar-refractivity contribution is -0.143. The Balaban J connectivity index is 2.08. The van der Waals surface area contributed by atoms with Gasteiger partial charge in [-0.05, 0) is 25.2 Å². The molecule has 3 heteroatoms. The molecule has 0 spiro atoms. The van der Waals surface area contributed by atoms with Gasteiger partial charge in [-0.3, -0.25) is 4.79 Å². The molecule has 1 aliphatic carbocycles. The number of hydrogen-bond donors (Lipinski definition) is 0. The van der Waals surface area contributed by atoms with E-state index < -0.39 is 0 Å². The Bertz CT molecular complexity index is 286. The average molecular weight is 258 g/mol. The van der Waals surface area contributed by atoms with Crippen LogP contribution in [0.3, 0.4) is 0 Å². The van der Waals surface area contributed by atoms with Gasteiger partial charge in [-0.1, -0.05) is 33.1 Å². The monoisotopic (exact) mass is 257 g/mol. The molecule has 1 aliphatic heterocycles. The van der Waals surface area contributed by atoms with E-state index in [0.717, 1.165) is 25.8 Å². The number of hydrogen-bond acceptors (Lipinski definition) is 1. The molecular weight excluding hydrogens is 234 g/mol. The molecule has 1 heterocycles. The summed E-state index contributed by atoms with van der Waals surface area (Å²) in [6.45, 7) is 5.28. The van der Waals surface area contributed by atoms with Crippen LogP contribution in [0.1, 0.15) is 52.4 Å². The van der Waals surface area contributed by atoms with Gasteiger partial charge in [-0.2, -0.15) is 0 Å². The minimum absolute atomic E-state index is 0.105. The fraction of sp³-hybridized carbons (Fsp3) is 0.929. The van der Waals surface area contributed by atoms with E-state index in [2.05, 4.69) is 18.7 Å².